The van der Waals surface area contributed by atoms with E-state index in [1.807, 2.05) is 48.1 Å². The van der Waals surface area contributed by atoms with Crippen LogP contribution < -0.4 is 5.73 Å². The minimum Gasteiger partial charge on any atom is -0.381 e. The summed E-state index contributed by atoms with van der Waals surface area (Å²) >= 11 is 1.45. The van der Waals surface area contributed by atoms with Crippen LogP contribution >= 0.6 is 11.8 Å². The first kappa shape index (κ1) is 19.7. The number of hydrogen-bond acceptors (Lipinski definition) is 4. The molecule has 5 nitrogen and oxygen atoms in total. The lowest BCUT2D eigenvalue weighted by atomic mass is 9.73. The van der Waals surface area contributed by atoms with Gasteiger partial charge in [0, 0.05) is 36.2 Å². The van der Waals surface area contributed by atoms with Crippen LogP contribution in [0, 0.1) is 5.82 Å². The van der Waals surface area contributed by atoms with Gasteiger partial charge in [0.2, 0.25) is 5.91 Å². The number of halogens is 1. The van der Waals surface area contributed by atoms with Crippen molar-refractivity contribution in [3.8, 4) is 11.3 Å². The number of amides is 1. The number of primary amides is 1. The highest BCUT2D eigenvalue weighted by Crippen LogP contribution is 2.38. The van der Waals surface area contributed by atoms with Gasteiger partial charge >= 0.3 is 0 Å². The molecule has 0 aliphatic carbocycles. The second kappa shape index (κ2) is 8.00. The number of rotatable bonds is 5. The summed E-state index contributed by atoms with van der Waals surface area (Å²) in [6.07, 6.45) is 2.70. The molecule has 2 aromatic carbocycles. The molecule has 0 unspecified atom stereocenters. The summed E-state index contributed by atoms with van der Waals surface area (Å²) in [5.74, 6) is -0.800. The van der Waals surface area contributed by atoms with Gasteiger partial charge in [-0.1, -0.05) is 23.9 Å². The van der Waals surface area contributed by atoms with Crippen molar-refractivity contribution in [3.63, 3.8) is 0 Å². The fraction of sp³-hybridized carbons (Fsp3) is 0.273. The van der Waals surface area contributed by atoms with E-state index in [-0.39, 0.29) is 5.82 Å². The van der Waals surface area contributed by atoms with E-state index in [4.69, 9.17) is 10.5 Å². The van der Waals surface area contributed by atoms with Crippen LogP contribution in [0.3, 0.4) is 0 Å². The second-order valence-corrected chi connectivity index (χ2v) is 8.35. The second-order valence-electron chi connectivity index (χ2n) is 7.20. The molecule has 1 fully saturated rings. The lowest BCUT2D eigenvalue weighted by Gasteiger charge is -2.34. The number of aromatic nitrogens is 2. The fourth-order valence-electron chi connectivity index (χ4n) is 3.78. The van der Waals surface area contributed by atoms with Crippen molar-refractivity contribution in [2.75, 3.05) is 13.2 Å². The molecular weight excluding hydrogens is 389 g/mol. The number of benzene rings is 2. The number of carbonyl (C=O) groups excluding carboxylic acids is 1. The van der Waals surface area contributed by atoms with Crippen LogP contribution in [0.5, 0.6) is 0 Å². The average molecular weight is 412 g/mol. The van der Waals surface area contributed by atoms with Crippen molar-refractivity contribution in [2.45, 2.75) is 28.0 Å². The topological polar surface area (TPSA) is 70.1 Å². The predicted octanol–water partition coefficient (Wildman–Crippen LogP) is 3.91. The Kier molecular flexibility index (Phi) is 5.43. The van der Waals surface area contributed by atoms with E-state index in [1.54, 1.807) is 6.20 Å². The van der Waals surface area contributed by atoms with E-state index in [2.05, 4.69) is 5.10 Å². The van der Waals surface area contributed by atoms with Gasteiger partial charge in [-0.25, -0.2) is 4.39 Å². The molecule has 0 bridgehead atoms. The summed E-state index contributed by atoms with van der Waals surface area (Å²) < 4.78 is 21.6. The number of ether oxygens (including phenoxy) is 1. The van der Waals surface area contributed by atoms with Gasteiger partial charge in [-0.15, -0.1) is 0 Å². The van der Waals surface area contributed by atoms with E-state index >= 15 is 0 Å². The first-order valence-electron chi connectivity index (χ1n) is 9.43. The SMILES string of the molecule is Cn1nccc1-c1ccc(Sc2cc(F)cc(C3(C(N)=O)CCOCC3)c2)cc1. The van der Waals surface area contributed by atoms with Crippen LogP contribution in [0.15, 0.2) is 64.5 Å². The zero-order chi connectivity index (χ0) is 20.4. The molecule has 150 valence electrons. The summed E-state index contributed by atoms with van der Waals surface area (Å²) in [4.78, 5) is 14.0. The number of nitrogens with two attached hydrogens (primary N) is 1. The maximum absolute atomic E-state index is 14.4. The summed E-state index contributed by atoms with van der Waals surface area (Å²) in [6, 6.07) is 14.8. The van der Waals surface area contributed by atoms with E-state index in [1.165, 1.54) is 23.9 Å². The summed E-state index contributed by atoms with van der Waals surface area (Å²) in [7, 11) is 1.90. The molecule has 4 rings (SSSR count). The molecule has 1 saturated heterocycles. The summed E-state index contributed by atoms with van der Waals surface area (Å²) in [5.41, 5.74) is 7.57. The van der Waals surface area contributed by atoms with Crippen molar-refractivity contribution in [2.24, 2.45) is 12.8 Å². The standard InChI is InChI=1S/C22H22FN3O2S/c1-26-20(6-9-25-26)15-2-4-18(5-3-15)29-19-13-16(12-17(23)14-19)22(21(24)27)7-10-28-11-8-22/h2-6,9,12-14H,7-8,10-11H2,1H3,(H2,24,27). The summed E-state index contributed by atoms with van der Waals surface area (Å²) in [5, 5.41) is 4.19. The minimum absolute atomic E-state index is 0.372. The van der Waals surface area contributed by atoms with Crippen molar-refractivity contribution >= 4 is 17.7 Å². The highest BCUT2D eigenvalue weighted by molar-refractivity contribution is 7.99. The molecule has 1 amide bonds. The maximum Gasteiger partial charge on any atom is 0.228 e. The fourth-order valence-corrected chi connectivity index (χ4v) is 4.68. The van der Waals surface area contributed by atoms with E-state index in [0.29, 0.717) is 31.6 Å². The zero-order valence-electron chi connectivity index (χ0n) is 16.1. The smallest absolute Gasteiger partial charge is 0.228 e. The number of aryl methyl sites for hydroxylation is 1. The van der Waals surface area contributed by atoms with E-state index in [9.17, 15) is 9.18 Å². The van der Waals surface area contributed by atoms with Crippen molar-refractivity contribution in [3.05, 3.63) is 66.1 Å². The van der Waals surface area contributed by atoms with Gasteiger partial charge in [-0.2, -0.15) is 5.10 Å². The van der Waals surface area contributed by atoms with Gasteiger partial charge in [-0.05, 0) is 60.4 Å². The van der Waals surface area contributed by atoms with E-state index < -0.39 is 11.3 Å². The van der Waals surface area contributed by atoms with Crippen LogP contribution in [0.4, 0.5) is 4.39 Å². The maximum atomic E-state index is 14.4. The molecule has 3 aromatic rings. The lowest BCUT2D eigenvalue weighted by molar-refractivity contribution is -0.127. The highest BCUT2D eigenvalue weighted by Gasteiger charge is 2.40. The normalized spacial score (nSPS) is 15.9. The Balaban J connectivity index is 1.61. The molecule has 1 aliphatic heterocycles. The van der Waals surface area contributed by atoms with Crippen molar-refractivity contribution < 1.29 is 13.9 Å². The zero-order valence-corrected chi connectivity index (χ0v) is 16.9. The number of nitrogens with zero attached hydrogens (tertiary/aromatic N) is 2. The van der Waals surface area contributed by atoms with Crippen molar-refractivity contribution in [1.29, 1.82) is 0 Å². The van der Waals surface area contributed by atoms with Crippen LogP contribution in [0.25, 0.3) is 11.3 Å². The number of hydrogen-bond donors (Lipinski definition) is 1. The Morgan fingerprint density at radius 3 is 2.48 bits per heavy atom. The first-order chi connectivity index (χ1) is 14.0. The predicted molar refractivity (Wildman–Crippen MR) is 110 cm³/mol. The van der Waals surface area contributed by atoms with Gasteiger partial charge in [0.05, 0.1) is 11.1 Å². The van der Waals surface area contributed by atoms with Gasteiger partial charge in [-0.3, -0.25) is 9.48 Å². The molecule has 0 spiro atoms. The third-order valence-corrected chi connectivity index (χ3v) is 6.43. The van der Waals surface area contributed by atoms with Gasteiger partial charge < -0.3 is 10.5 Å². The van der Waals surface area contributed by atoms with Gasteiger partial charge in [0.1, 0.15) is 5.82 Å². The molecule has 2 heterocycles. The van der Waals surface area contributed by atoms with E-state index in [0.717, 1.165) is 21.0 Å². The monoisotopic (exact) mass is 411 g/mol. The van der Waals surface area contributed by atoms with Crippen molar-refractivity contribution in [1.82, 2.24) is 9.78 Å². The molecule has 1 aromatic heterocycles. The third-order valence-electron chi connectivity index (χ3n) is 5.45. The van der Waals surface area contributed by atoms with Crippen LogP contribution in [0.2, 0.25) is 0 Å². The molecule has 0 atom stereocenters. The Hall–Kier alpha value is -2.64. The molecule has 0 saturated carbocycles. The quantitative estimate of drug-likeness (QED) is 0.691. The minimum atomic E-state index is -0.876. The van der Waals surface area contributed by atoms with Crippen LogP contribution in [0.1, 0.15) is 18.4 Å². The first-order valence-corrected chi connectivity index (χ1v) is 10.2. The Bertz CT molecular complexity index is 1030. The largest absolute Gasteiger partial charge is 0.381 e. The Morgan fingerprint density at radius 2 is 1.86 bits per heavy atom. The lowest BCUT2D eigenvalue weighted by Crippen LogP contribution is -2.45. The Labute approximate surface area is 173 Å². The molecule has 2 N–H and O–H groups in total. The molecular formula is C22H22FN3O2S. The van der Waals surface area contributed by atoms with Crippen LogP contribution in [-0.4, -0.2) is 28.9 Å². The number of carbonyl (C=O) groups is 1. The molecule has 0 radical (unpaired) electrons. The average Bonchev–Trinajstić information content (AvgIpc) is 3.14. The van der Waals surface area contributed by atoms with Gasteiger partial charge in [0.25, 0.3) is 0 Å². The van der Waals surface area contributed by atoms with Crippen LogP contribution in [-0.2, 0) is 22.0 Å². The Morgan fingerprint density at radius 1 is 1.14 bits per heavy atom. The summed E-state index contributed by atoms with van der Waals surface area (Å²) in [6.45, 7) is 0.884. The molecule has 29 heavy (non-hydrogen) atoms. The molecule has 1 aliphatic rings. The molecule has 7 heteroatoms. The third kappa shape index (κ3) is 3.93. The highest BCUT2D eigenvalue weighted by atomic mass is 32.2. The van der Waals surface area contributed by atoms with Gasteiger partial charge in [0.15, 0.2) is 0 Å².